The summed E-state index contributed by atoms with van der Waals surface area (Å²) in [7, 11) is 0. The van der Waals surface area contributed by atoms with Crippen molar-refractivity contribution in [2.75, 3.05) is 11.1 Å². The van der Waals surface area contributed by atoms with Crippen molar-refractivity contribution in [1.82, 2.24) is 4.98 Å². The van der Waals surface area contributed by atoms with Crippen molar-refractivity contribution >= 4 is 17.3 Å². The Morgan fingerprint density at radius 3 is 2.55 bits per heavy atom. The summed E-state index contributed by atoms with van der Waals surface area (Å²) >= 11 is 0. The van der Waals surface area contributed by atoms with Crippen LogP contribution in [0.3, 0.4) is 0 Å². The van der Waals surface area contributed by atoms with Gasteiger partial charge in [-0.2, -0.15) is 0 Å². The third-order valence-corrected chi connectivity index (χ3v) is 3.80. The fourth-order valence-corrected chi connectivity index (χ4v) is 2.45. The van der Waals surface area contributed by atoms with Gasteiger partial charge in [0.1, 0.15) is 0 Å². The largest absolute Gasteiger partial charge is 0.399 e. The van der Waals surface area contributed by atoms with E-state index in [0.717, 1.165) is 35.5 Å². The zero-order valence-electron chi connectivity index (χ0n) is 11.4. The van der Waals surface area contributed by atoms with Gasteiger partial charge >= 0.3 is 0 Å². The molecule has 1 aromatic heterocycles. The van der Waals surface area contributed by atoms with Crippen LogP contribution in [-0.2, 0) is 10.2 Å². The first-order valence-electron chi connectivity index (χ1n) is 6.70. The third-order valence-electron chi connectivity index (χ3n) is 3.80. The quantitative estimate of drug-likeness (QED) is 0.840. The lowest BCUT2D eigenvalue weighted by atomic mass is 9.94. The number of aromatic nitrogens is 1. The minimum atomic E-state index is -0.384. The molecule has 0 saturated heterocycles. The van der Waals surface area contributed by atoms with E-state index in [-0.39, 0.29) is 11.3 Å². The molecule has 1 amide bonds. The van der Waals surface area contributed by atoms with Crippen LogP contribution in [0.1, 0.15) is 24.1 Å². The fraction of sp³-hybridized carbons (Fsp3) is 0.250. The van der Waals surface area contributed by atoms with E-state index >= 15 is 0 Å². The Labute approximate surface area is 118 Å². The molecule has 3 N–H and O–H groups in total. The summed E-state index contributed by atoms with van der Waals surface area (Å²) in [6.07, 6.45) is 3.47. The second kappa shape index (κ2) is 4.63. The molecule has 20 heavy (non-hydrogen) atoms. The number of rotatable bonds is 3. The van der Waals surface area contributed by atoms with Gasteiger partial charge < -0.3 is 11.1 Å². The number of carbonyl (C=O) groups is 1. The molecule has 2 aromatic rings. The normalized spacial score (nSPS) is 15.7. The molecule has 0 bridgehead atoms. The Kier molecular flexibility index (Phi) is 2.93. The lowest BCUT2D eigenvalue weighted by Crippen LogP contribution is -2.27. The smallest absolute Gasteiger partial charge is 0.235 e. The van der Waals surface area contributed by atoms with Gasteiger partial charge in [-0.3, -0.25) is 9.78 Å². The molecule has 1 fully saturated rings. The first-order valence-corrected chi connectivity index (χ1v) is 6.70. The van der Waals surface area contributed by atoms with Crippen LogP contribution in [0.15, 0.2) is 42.6 Å². The van der Waals surface area contributed by atoms with Crippen LogP contribution < -0.4 is 11.1 Å². The lowest BCUT2D eigenvalue weighted by molar-refractivity contribution is -0.118. The van der Waals surface area contributed by atoms with E-state index < -0.39 is 0 Å². The molecular formula is C16H17N3O. The number of nitrogens with one attached hydrogen (secondary N) is 1. The Morgan fingerprint density at radius 1 is 1.25 bits per heavy atom. The number of pyridine rings is 1. The van der Waals surface area contributed by atoms with Gasteiger partial charge in [0, 0.05) is 23.3 Å². The van der Waals surface area contributed by atoms with Gasteiger partial charge in [-0.25, -0.2) is 0 Å². The minimum Gasteiger partial charge on any atom is -0.399 e. The summed E-state index contributed by atoms with van der Waals surface area (Å²) in [5.41, 5.74) is 8.75. The van der Waals surface area contributed by atoms with Crippen LogP contribution in [0.25, 0.3) is 0 Å². The zero-order chi connectivity index (χ0) is 14.2. The van der Waals surface area contributed by atoms with E-state index in [9.17, 15) is 4.79 Å². The molecule has 1 aromatic carbocycles. The standard InChI is InChI=1S/C16H17N3O/c1-11-10-14(6-9-18-11)19-15(20)16(7-8-16)12-2-4-13(17)5-3-12/h2-6,9-10H,7-8,17H2,1H3,(H,18,19,20). The van der Waals surface area contributed by atoms with Gasteiger partial charge in [0.15, 0.2) is 0 Å². The highest BCUT2D eigenvalue weighted by molar-refractivity contribution is 6.01. The monoisotopic (exact) mass is 267 g/mol. The molecular weight excluding hydrogens is 250 g/mol. The van der Waals surface area contributed by atoms with Crippen molar-refractivity contribution in [2.24, 2.45) is 0 Å². The number of aryl methyl sites for hydroxylation is 1. The lowest BCUT2D eigenvalue weighted by Gasteiger charge is -2.16. The van der Waals surface area contributed by atoms with E-state index in [1.807, 2.05) is 43.3 Å². The Morgan fingerprint density at radius 2 is 1.95 bits per heavy atom. The topological polar surface area (TPSA) is 68.0 Å². The molecule has 0 spiro atoms. The van der Waals surface area contributed by atoms with Gasteiger partial charge in [-0.05, 0) is 49.6 Å². The Bertz CT molecular complexity index is 645. The number of nitrogen functional groups attached to an aromatic ring is 1. The van der Waals surface area contributed by atoms with E-state index in [4.69, 9.17) is 5.73 Å². The Hall–Kier alpha value is -2.36. The molecule has 102 valence electrons. The second-order valence-corrected chi connectivity index (χ2v) is 5.34. The summed E-state index contributed by atoms with van der Waals surface area (Å²) in [5.74, 6) is 0.0490. The van der Waals surface area contributed by atoms with Gasteiger partial charge in [0.2, 0.25) is 5.91 Å². The molecule has 1 saturated carbocycles. The van der Waals surface area contributed by atoms with Crippen LogP contribution in [0.5, 0.6) is 0 Å². The summed E-state index contributed by atoms with van der Waals surface area (Å²) in [4.78, 5) is 16.7. The number of amides is 1. The van der Waals surface area contributed by atoms with Gasteiger partial charge in [0.25, 0.3) is 0 Å². The number of anilines is 2. The predicted molar refractivity (Wildman–Crippen MR) is 79.4 cm³/mol. The van der Waals surface area contributed by atoms with Crippen LogP contribution in [-0.4, -0.2) is 10.9 Å². The molecule has 1 aliphatic rings. The molecule has 4 heteroatoms. The number of benzene rings is 1. The maximum atomic E-state index is 12.5. The van der Waals surface area contributed by atoms with Crippen molar-refractivity contribution in [3.05, 3.63) is 53.9 Å². The molecule has 0 radical (unpaired) electrons. The molecule has 3 rings (SSSR count). The molecule has 4 nitrogen and oxygen atoms in total. The number of nitrogens with two attached hydrogens (primary N) is 1. The highest BCUT2D eigenvalue weighted by Gasteiger charge is 2.51. The average Bonchev–Trinajstić information content (AvgIpc) is 3.21. The van der Waals surface area contributed by atoms with E-state index in [0.29, 0.717) is 0 Å². The second-order valence-electron chi connectivity index (χ2n) is 5.34. The molecule has 0 aliphatic heterocycles. The number of nitrogens with zero attached hydrogens (tertiary/aromatic N) is 1. The van der Waals surface area contributed by atoms with Crippen LogP contribution >= 0.6 is 0 Å². The molecule has 1 aliphatic carbocycles. The zero-order valence-corrected chi connectivity index (χ0v) is 11.4. The molecule has 0 atom stereocenters. The number of hydrogen-bond acceptors (Lipinski definition) is 3. The first-order chi connectivity index (χ1) is 9.60. The summed E-state index contributed by atoms with van der Waals surface area (Å²) in [5, 5.41) is 2.99. The number of hydrogen-bond donors (Lipinski definition) is 2. The molecule has 1 heterocycles. The van der Waals surface area contributed by atoms with Gasteiger partial charge in [-0.15, -0.1) is 0 Å². The maximum absolute atomic E-state index is 12.5. The summed E-state index contributed by atoms with van der Waals surface area (Å²) in [6, 6.07) is 11.3. The van der Waals surface area contributed by atoms with Crippen molar-refractivity contribution in [2.45, 2.75) is 25.2 Å². The van der Waals surface area contributed by atoms with Gasteiger partial charge in [0.05, 0.1) is 5.41 Å². The maximum Gasteiger partial charge on any atom is 0.235 e. The summed E-state index contributed by atoms with van der Waals surface area (Å²) < 4.78 is 0. The predicted octanol–water partition coefficient (Wildman–Crippen LogP) is 2.64. The molecule has 0 unspecified atom stereocenters. The Balaban J connectivity index is 1.81. The number of carbonyl (C=O) groups excluding carboxylic acids is 1. The van der Waals surface area contributed by atoms with Crippen molar-refractivity contribution in [1.29, 1.82) is 0 Å². The minimum absolute atomic E-state index is 0.0490. The SMILES string of the molecule is Cc1cc(NC(=O)C2(c3ccc(N)cc3)CC2)ccn1. The first kappa shape index (κ1) is 12.7. The highest BCUT2D eigenvalue weighted by Crippen LogP contribution is 2.49. The van der Waals surface area contributed by atoms with Crippen LogP contribution in [0.4, 0.5) is 11.4 Å². The fourth-order valence-electron chi connectivity index (χ4n) is 2.45. The van der Waals surface area contributed by atoms with Gasteiger partial charge in [-0.1, -0.05) is 12.1 Å². The van der Waals surface area contributed by atoms with Crippen molar-refractivity contribution in [3.8, 4) is 0 Å². The van der Waals surface area contributed by atoms with Crippen LogP contribution in [0.2, 0.25) is 0 Å². The third kappa shape index (κ3) is 2.25. The van der Waals surface area contributed by atoms with Crippen LogP contribution in [0, 0.1) is 6.92 Å². The van der Waals surface area contributed by atoms with Crippen molar-refractivity contribution in [3.63, 3.8) is 0 Å². The van der Waals surface area contributed by atoms with Crippen molar-refractivity contribution < 1.29 is 4.79 Å². The summed E-state index contributed by atoms with van der Waals surface area (Å²) in [6.45, 7) is 1.91. The van der Waals surface area contributed by atoms with E-state index in [1.165, 1.54) is 0 Å². The van der Waals surface area contributed by atoms with E-state index in [1.54, 1.807) is 6.20 Å². The average molecular weight is 267 g/mol. The van der Waals surface area contributed by atoms with E-state index in [2.05, 4.69) is 10.3 Å². The highest BCUT2D eigenvalue weighted by atomic mass is 16.2.